The molecule has 0 heterocycles. The summed E-state index contributed by atoms with van der Waals surface area (Å²) < 4.78 is 117. The summed E-state index contributed by atoms with van der Waals surface area (Å²) in [5, 5.41) is 2.54. The molecule has 150 valence electrons. The van der Waals surface area contributed by atoms with E-state index < -0.39 is 21.8 Å². The van der Waals surface area contributed by atoms with Crippen LogP contribution >= 0.6 is 0 Å². The van der Waals surface area contributed by atoms with E-state index in [1.807, 2.05) is 18.2 Å². The van der Waals surface area contributed by atoms with E-state index in [0.717, 1.165) is 5.56 Å². The fourth-order valence-electron chi connectivity index (χ4n) is 1.24. The molecule has 0 aromatic heterocycles. The van der Waals surface area contributed by atoms with Gasteiger partial charge in [-0.3, -0.25) is 0 Å². The molecular formula is C11H9B3F12K-3. The quantitative estimate of drug-likeness (QED) is 0.331. The molecule has 27 heavy (non-hydrogen) atoms. The second-order valence-electron chi connectivity index (χ2n) is 4.17. The number of rotatable bonds is 0. The number of hydrogen-bond donors (Lipinski definition) is 0. The molecule has 0 N–H and O–H groups in total. The SMILES string of the molecule is F[B-](F)(F)F.F[B-](F)(F)F.F[B-](F)(F)F.[CH2-]c1ccc2ccccc2c1.[K+]. The molecule has 0 saturated heterocycles. The van der Waals surface area contributed by atoms with Crippen LogP contribution in [0.2, 0.25) is 0 Å². The molecule has 0 bridgehead atoms. The average molecular weight is 441 g/mol. The molecule has 0 unspecified atom stereocenters. The zero-order valence-corrected chi connectivity index (χ0v) is 16.6. The van der Waals surface area contributed by atoms with Crippen LogP contribution in [0.3, 0.4) is 0 Å². The van der Waals surface area contributed by atoms with Crippen LogP contribution < -0.4 is 51.4 Å². The Labute approximate surface area is 189 Å². The maximum absolute atomic E-state index is 9.75. The number of hydrogen-bond acceptors (Lipinski definition) is 0. The van der Waals surface area contributed by atoms with Crippen molar-refractivity contribution in [2.75, 3.05) is 0 Å². The summed E-state index contributed by atoms with van der Waals surface area (Å²) in [5.74, 6) is 0. The van der Waals surface area contributed by atoms with Gasteiger partial charge in [0.25, 0.3) is 0 Å². The van der Waals surface area contributed by atoms with E-state index in [1.54, 1.807) is 0 Å². The van der Waals surface area contributed by atoms with Crippen molar-refractivity contribution in [3.8, 4) is 0 Å². The summed E-state index contributed by atoms with van der Waals surface area (Å²) in [6, 6.07) is 14.5. The van der Waals surface area contributed by atoms with E-state index in [2.05, 4.69) is 31.2 Å². The Bertz CT molecular complexity index is 594. The molecule has 0 amide bonds. The van der Waals surface area contributed by atoms with E-state index in [1.165, 1.54) is 10.8 Å². The van der Waals surface area contributed by atoms with Gasteiger partial charge in [-0.2, -0.15) is 24.6 Å². The Hall–Kier alpha value is -0.439. The molecule has 2 rings (SSSR count). The van der Waals surface area contributed by atoms with Gasteiger partial charge in [-0.05, 0) is 5.39 Å². The minimum absolute atomic E-state index is 0. The van der Waals surface area contributed by atoms with E-state index in [4.69, 9.17) is 0 Å². The van der Waals surface area contributed by atoms with E-state index in [0.29, 0.717) is 0 Å². The molecule has 0 saturated carbocycles. The minimum Gasteiger partial charge on any atom is -0.418 e. The molecule has 0 spiro atoms. The number of halogens is 12. The summed E-state index contributed by atoms with van der Waals surface area (Å²) in [7, 11) is -18.0. The summed E-state index contributed by atoms with van der Waals surface area (Å²) in [5.41, 5.74) is 1.07. The van der Waals surface area contributed by atoms with E-state index in [-0.39, 0.29) is 51.4 Å². The molecule has 0 aliphatic heterocycles. The van der Waals surface area contributed by atoms with Gasteiger partial charge in [0, 0.05) is 0 Å². The van der Waals surface area contributed by atoms with Gasteiger partial charge in [-0.25, -0.2) is 0 Å². The van der Waals surface area contributed by atoms with Crippen LogP contribution in [0.15, 0.2) is 42.5 Å². The first-order chi connectivity index (χ1) is 11.4. The Morgan fingerprint density at radius 1 is 0.519 bits per heavy atom. The Kier molecular flexibility index (Phi) is 15.9. The van der Waals surface area contributed by atoms with Crippen LogP contribution in [0.1, 0.15) is 5.56 Å². The van der Waals surface area contributed by atoms with Crippen molar-refractivity contribution < 1.29 is 103 Å². The van der Waals surface area contributed by atoms with Crippen molar-refractivity contribution in [1.29, 1.82) is 0 Å². The van der Waals surface area contributed by atoms with Gasteiger partial charge in [-0.15, -0.1) is 6.07 Å². The molecule has 2 aromatic carbocycles. The molecule has 0 aliphatic rings. The van der Waals surface area contributed by atoms with Crippen molar-refractivity contribution in [3.05, 3.63) is 55.0 Å². The third-order valence-corrected chi connectivity index (χ3v) is 1.81. The summed E-state index contributed by atoms with van der Waals surface area (Å²) in [6.07, 6.45) is 0. The zero-order chi connectivity index (χ0) is 21.2. The fourth-order valence-corrected chi connectivity index (χ4v) is 1.24. The Morgan fingerprint density at radius 2 is 0.815 bits per heavy atom. The predicted molar refractivity (Wildman–Crippen MR) is 79.0 cm³/mol. The second kappa shape index (κ2) is 13.7. The number of benzene rings is 2. The van der Waals surface area contributed by atoms with Gasteiger partial charge >= 0.3 is 73.1 Å². The first-order valence-corrected chi connectivity index (χ1v) is 6.29. The smallest absolute Gasteiger partial charge is 0.418 e. The van der Waals surface area contributed by atoms with E-state index in [9.17, 15) is 51.8 Å². The third-order valence-electron chi connectivity index (χ3n) is 1.81. The summed E-state index contributed by atoms with van der Waals surface area (Å²) in [4.78, 5) is 0. The molecule has 2 aromatic rings. The summed E-state index contributed by atoms with van der Waals surface area (Å²) >= 11 is 0. The Morgan fingerprint density at radius 3 is 1.15 bits per heavy atom. The van der Waals surface area contributed by atoms with Crippen molar-refractivity contribution in [3.63, 3.8) is 0 Å². The topological polar surface area (TPSA) is 0 Å². The van der Waals surface area contributed by atoms with Crippen LogP contribution in [0, 0.1) is 6.92 Å². The van der Waals surface area contributed by atoms with Gasteiger partial charge in [0.05, 0.1) is 0 Å². The van der Waals surface area contributed by atoms with Gasteiger partial charge < -0.3 is 51.8 Å². The number of fused-ring (bicyclic) bond motifs is 1. The minimum atomic E-state index is -6.00. The van der Waals surface area contributed by atoms with Crippen LogP contribution in [-0.4, -0.2) is 21.8 Å². The molecule has 0 atom stereocenters. The standard InChI is InChI=1S/C11H9.3BF4.K/c1-9-6-7-10-4-2-3-5-11(10)8-9;3*2-1(3,4)5;/h2-8H,1H2;;;;/q4*-1;+1. The molecule has 0 radical (unpaired) electrons. The second-order valence-corrected chi connectivity index (χ2v) is 4.17. The van der Waals surface area contributed by atoms with Gasteiger partial charge in [0.15, 0.2) is 0 Å². The molecule has 0 fully saturated rings. The van der Waals surface area contributed by atoms with Crippen LogP contribution in [-0.2, 0) is 0 Å². The molecule has 0 nitrogen and oxygen atoms in total. The van der Waals surface area contributed by atoms with E-state index >= 15 is 0 Å². The van der Waals surface area contributed by atoms with Crippen molar-refractivity contribution in [1.82, 2.24) is 0 Å². The molecule has 16 heteroatoms. The summed E-state index contributed by atoms with van der Waals surface area (Å²) in [6.45, 7) is 3.87. The van der Waals surface area contributed by atoms with Crippen molar-refractivity contribution >= 4 is 32.5 Å². The molecular weight excluding hydrogens is 432 g/mol. The van der Waals surface area contributed by atoms with Crippen LogP contribution in [0.4, 0.5) is 51.8 Å². The Balaban J connectivity index is -0.000000311. The van der Waals surface area contributed by atoms with Gasteiger partial charge in [-0.1, -0.05) is 29.7 Å². The van der Waals surface area contributed by atoms with Crippen LogP contribution in [0.25, 0.3) is 10.8 Å². The third kappa shape index (κ3) is 37.1. The van der Waals surface area contributed by atoms with Crippen LogP contribution in [0.5, 0.6) is 0 Å². The van der Waals surface area contributed by atoms with Gasteiger partial charge in [0.2, 0.25) is 0 Å². The normalized spacial score (nSPS) is 10.8. The first kappa shape index (κ1) is 31.3. The predicted octanol–water partition coefficient (Wildman–Crippen LogP) is 3.93. The maximum atomic E-state index is 9.75. The average Bonchev–Trinajstić information content (AvgIpc) is 2.32. The van der Waals surface area contributed by atoms with Gasteiger partial charge in [0.1, 0.15) is 0 Å². The fraction of sp³-hybridized carbons (Fsp3) is 0. The monoisotopic (exact) mass is 441 g/mol. The largest absolute Gasteiger partial charge is 1.00 e. The molecule has 0 aliphatic carbocycles. The zero-order valence-electron chi connectivity index (χ0n) is 13.5. The van der Waals surface area contributed by atoms with Crippen molar-refractivity contribution in [2.45, 2.75) is 0 Å². The first-order valence-electron chi connectivity index (χ1n) is 6.29. The van der Waals surface area contributed by atoms with Crippen molar-refractivity contribution in [2.24, 2.45) is 0 Å². The maximum Gasteiger partial charge on any atom is 1.00 e.